The molecular formula is C13H15ClN2O5. The number of ether oxygens (including phenoxy) is 1. The Balaban J connectivity index is 2.29. The van der Waals surface area contributed by atoms with Gasteiger partial charge in [0, 0.05) is 5.02 Å². The van der Waals surface area contributed by atoms with Gasteiger partial charge in [-0.25, -0.2) is 0 Å². The number of carbonyl (C=O) groups excluding carboxylic acids is 2. The van der Waals surface area contributed by atoms with Crippen molar-refractivity contribution < 1.29 is 24.2 Å². The Kier molecular flexibility index (Phi) is 6.48. The van der Waals surface area contributed by atoms with Crippen molar-refractivity contribution in [1.82, 2.24) is 10.6 Å². The molecule has 3 N–H and O–H groups in total. The molecular weight excluding hydrogens is 300 g/mol. The highest BCUT2D eigenvalue weighted by Gasteiger charge is 2.08. The first kappa shape index (κ1) is 16.8. The van der Waals surface area contributed by atoms with Crippen LogP contribution in [0.1, 0.15) is 5.56 Å². The lowest BCUT2D eigenvalue weighted by atomic mass is 10.2. The molecule has 0 aliphatic heterocycles. The predicted molar refractivity (Wildman–Crippen MR) is 75.3 cm³/mol. The van der Waals surface area contributed by atoms with Crippen molar-refractivity contribution in [3.8, 4) is 5.75 Å². The maximum atomic E-state index is 11.5. The van der Waals surface area contributed by atoms with E-state index in [4.69, 9.17) is 21.4 Å². The van der Waals surface area contributed by atoms with E-state index in [1.807, 2.05) is 6.92 Å². The summed E-state index contributed by atoms with van der Waals surface area (Å²) in [6.07, 6.45) is 0. The average Bonchev–Trinajstić information content (AvgIpc) is 2.44. The lowest BCUT2D eigenvalue weighted by molar-refractivity contribution is -0.137. The Labute approximate surface area is 126 Å². The molecule has 0 unspecified atom stereocenters. The second-order valence-corrected chi connectivity index (χ2v) is 4.55. The molecule has 1 aromatic carbocycles. The number of hydrogen-bond acceptors (Lipinski definition) is 4. The summed E-state index contributed by atoms with van der Waals surface area (Å²) in [6.45, 7) is 0.750. The SMILES string of the molecule is Cc1cc(OCC(=O)NCC(=O)NCC(=O)O)ccc1Cl. The van der Waals surface area contributed by atoms with Crippen LogP contribution >= 0.6 is 11.6 Å². The molecule has 2 amide bonds. The number of nitrogens with one attached hydrogen (secondary N) is 2. The Hall–Kier alpha value is -2.28. The minimum Gasteiger partial charge on any atom is -0.484 e. The van der Waals surface area contributed by atoms with Gasteiger partial charge in [0.15, 0.2) is 6.61 Å². The quantitative estimate of drug-likeness (QED) is 0.673. The first-order valence-corrected chi connectivity index (χ1v) is 6.40. The molecule has 0 heterocycles. The molecule has 0 radical (unpaired) electrons. The van der Waals surface area contributed by atoms with E-state index in [0.29, 0.717) is 10.8 Å². The molecule has 0 bridgehead atoms. The molecule has 8 heteroatoms. The van der Waals surface area contributed by atoms with Crippen molar-refractivity contribution in [2.45, 2.75) is 6.92 Å². The number of carboxylic acid groups (broad SMARTS) is 1. The van der Waals surface area contributed by atoms with Gasteiger partial charge < -0.3 is 20.5 Å². The van der Waals surface area contributed by atoms with Gasteiger partial charge in [-0.3, -0.25) is 14.4 Å². The fraction of sp³-hybridized carbons (Fsp3) is 0.308. The molecule has 7 nitrogen and oxygen atoms in total. The summed E-state index contributed by atoms with van der Waals surface area (Å²) in [6, 6.07) is 4.97. The van der Waals surface area contributed by atoms with Gasteiger partial charge in [0.05, 0.1) is 6.54 Å². The number of halogens is 1. The molecule has 0 saturated carbocycles. The van der Waals surface area contributed by atoms with Crippen LogP contribution in [-0.2, 0) is 14.4 Å². The lowest BCUT2D eigenvalue weighted by Gasteiger charge is -2.08. The number of hydrogen-bond donors (Lipinski definition) is 3. The molecule has 0 aliphatic rings. The lowest BCUT2D eigenvalue weighted by Crippen LogP contribution is -2.40. The monoisotopic (exact) mass is 314 g/mol. The van der Waals surface area contributed by atoms with E-state index in [2.05, 4.69) is 10.6 Å². The summed E-state index contributed by atoms with van der Waals surface area (Å²) < 4.78 is 5.24. The second kappa shape index (κ2) is 8.11. The normalized spacial score (nSPS) is 9.81. The van der Waals surface area contributed by atoms with Crippen LogP contribution in [0.3, 0.4) is 0 Å². The first-order valence-electron chi connectivity index (χ1n) is 6.02. The minimum absolute atomic E-state index is 0.257. The van der Waals surface area contributed by atoms with E-state index in [9.17, 15) is 14.4 Å². The smallest absolute Gasteiger partial charge is 0.322 e. The van der Waals surface area contributed by atoms with Crippen LogP contribution in [0, 0.1) is 6.92 Å². The third-order valence-corrected chi connectivity index (χ3v) is 2.81. The van der Waals surface area contributed by atoms with E-state index in [1.54, 1.807) is 18.2 Å². The van der Waals surface area contributed by atoms with Crippen LogP contribution in [-0.4, -0.2) is 42.6 Å². The van der Waals surface area contributed by atoms with Gasteiger partial charge in [-0.1, -0.05) is 11.6 Å². The van der Waals surface area contributed by atoms with Crippen LogP contribution in [0.2, 0.25) is 5.02 Å². The van der Waals surface area contributed by atoms with Gasteiger partial charge >= 0.3 is 5.97 Å². The maximum Gasteiger partial charge on any atom is 0.322 e. The van der Waals surface area contributed by atoms with E-state index in [-0.39, 0.29) is 13.2 Å². The van der Waals surface area contributed by atoms with Crippen molar-refractivity contribution >= 4 is 29.4 Å². The third-order valence-electron chi connectivity index (χ3n) is 2.38. The summed E-state index contributed by atoms with van der Waals surface area (Å²) in [7, 11) is 0. The van der Waals surface area contributed by atoms with Crippen molar-refractivity contribution in [3.05, 3.63) is 28.8 Å². The number of benzene rings is 1. The van der Waals surface area contributed by atoms with E-state index in [0.717, 1.165) is 5.56 Å². The largest absolute Gasteiger partial charge is 0.484 e. The highest BCUT2D eigenvalue weighted by molar-refractivity contribution is 6.31. The van der Waals surface area contributed by atoms with Gasteiger partial charge in [0.25, 0.3) is 5.91 Å². The maximum absolute atomic E-state index is 11.5. The summed E-state index contributed by atoms with van der Waals surface area (Å²) in [5.74, 6) is -1.75. The Morgan fingerprint density at radius 3 is 2.48 bits per heavy atom. The molecule has 0 spiro atoms. The fourth-order valence-electron chi connectivity index (χ4n) is 1.32. The third kappa shape index (κ3) is 6.62. The summed E-state index contributed by atoms with van der Waals surface area (Å²) in [4.78, 5) is 32.8. The molecule has 21 heavy (non-hydrogen) atoms. The molecule has 0 fully saturated rings. The number of aliphatic carboxylic acids is 1. The first-order chi connectivity index (χ1) is 9.88. The standard InChI is InChI=1S/C13H15ClN2O5/c1-8-4-9(2-3-10(8)14)21-7-12(18)15-5-11(17)16-6-13(19)20/h2-4H,5-7H2,1H3,(H,15,18)(H,16,17)(H,19,20). The number of amides is 2. The zero-order valence-electron chi connectivity index (χ0n) is 11.3. The molecule has 1 aromatic rings. The molecule has 114 valence electrons. The minimum atomic E-state index is -1.16. The molecule has 1 rings (SSSR count). The van der Waals surface area contributed by atoms with Crippen molar-refractivity contribution in [2.75, 3.05) is 19.7 Å². The second-order valence-electron chi connectivity index (χ2n) is 4.15. The molecule has 0 aliphatic carbocycles. The molecule has 0 atom stereocenters. The van der Waals surface area contributed by atoms with Gasteiger partial charge in [-0.15, -0.1) is 0 Å². The van der Waals surface area contributed by atoms with Gasteiger partial charge in [0.1, 0.15) is 12.3 Å². The van der Waals surface area contributed by atoms with Gasteiger partial charge in [-0.2, -0.15) is 0 Å². The number of carbonyl (C=O) groups is 3. The van der Waals surface area contributed by atoms with E-state index in [1.165, 1.54) is 0 Å². The van der Waals surface area contributed by atoms with Crippen molar-refractivity contribution in [2.24, 2.45) is 0 Å². The highest BCUT2D eigenvalue weighted by atomic mass is 35.5. The van der Waals surface area contributed by atoms with E-state index >= 15 is 0 Å². The Bertz CT molecular complexity index is 547. The topological polar surface area (TPSA) is 105 Å². The molecule has 0 saturated heterocycles. The molecule has 0 aromatic heterocycles. The Morgan fingerprint density at radius 1 is 1.19 bits per heavy atom. The van der Waals surface area contributed by atoms with Gasteiger partial charge in [-0.05, 0) is 30.7 Å². The van der Waals surface area contributed by atoms with Crippen LogP contribution in [0.4, 0.5) is 0 Å². The summed E-state index contributed by atoms with van der Waals surface area (Å²) in [5, 5.41) is 13.4. The van der Waals surface area contributed by atoms with Crippen LogP contribution < -0.4 is 15.4 Å². The van der Waals surface area contributed by atoms with Crippen LogP contribution in [0.5, 0.6) is 5.75 Å². The van der Waals surface area contributed by atoms with Gasteiger partial charge in [0.2, 0.25) is 5.91 Å². The average molecular weight is 315 g/mol. The zero-order valence-corrected chi connectivity index (χ0v) is 12.1. The zero-order chi connectivity index (χ0) is 15.8. The number of carboxylic acids is 1. The fourth-order valence-corrected chi connectivity index (χ4v) is 1.44. The predicted octanol–water partition coefficient (Wildman–Crippen LogP) is 0.344. The van der Waals surface area contributed by atoms with Crippen molar-refractivity contribution in [1.29, 1.82) is 0 Å². The van der Waals surface area contributed by atoms with E-state index < -0.39 is 24.3 Å². The summed E-state index contributed by atoms with van der Waals surface area (Å²) >= 11 is 5.86. The van der Waals surface area contributed by atoms with Crippen LogP contribution in [0.15, 0.2) is 18.2 Å². The Morgan fingerprint density at radius 2 is 1.86 bits per heavy atom. The number of rotatable bonds is 7. The highest BCUT2D eigenvalue weighted by Crippen LogP contribution is 2.20. The summed E-state index contributed by atoms with van der Waals surface area (Å²) in [5.41, 5.74) is 0.822. The van der Waals surface area contributed by atoms with Crippen LogP contribution in [0.25, 0.3) is 0 Å². The number of aryl methyl sites for hydroxylation is 1. The van der Waals surface area contributed by atoms with Crippen molar-refractivity contribution in [3.63, 3.8) is 0 Å².